The summed E-state index contributed by atoms with van der Waals surface area (Å²) in [7, 11) is 0. The number of halogens is 3. The zero-order valence-electron chi connectivity index (χ0n) is 15.3. The van der Waals surface area contributed by atoms with Crippen LogP contribution in [0, 0.1) is 17.7 Å². The predicted molar refractivity (Wildman–Crippen MR) is 108 cm³/mol. The molecule has 1 atom stereocenters. The van der Waals surface area contributed by atoms with Crippen molar-refractivity contribution in [2.75, 3.05) is 0 Å². The lowest BCUT2D eigenvalue weighted by Crippen LogP contribution is -2.20. The van der Waals surface area contributed by atoms with Gasteiger partial charge in [0.25, 0.3) is 0 Å². The van der Waals surface area contributed by atoms with Crippen molar-refractivity contribution >= 4 is 28.5 Å². The van der Waals surface area contributed by atoms with Crippen molar-refractivity contribution in [2.45, 2.75) is 64.5 Å². The molecule has 0 amide bonds. The molecule has 0 bridgehead atoms. The van der Waals surface area contributed by atoms with E-state index < -0.39 is 6.17 Å². The molecule has 26 heavy (non-hydrogen) atoms. The normalized spacial score (nSPS) is 26.5. The molecule has 142 valence electrons. The number of rotatable bonds is 6. The van der Waals surface area contributed by atoms with Gasteiger partial charge in [0.2, 0.25) is 0 Å². The highest BCUT2D eigenvalue weighted by Gasteiger charge is 2.25. The van der Waals surface area contributed by atoms with Crippen LogP contribution in [0.2, 0.25) is 0 Å². The monoisotopic (exact) mass is 396 g/mol. The van der Waals surface area contributed by atoms with Crippen LogP contribution >= 0.6 is 23.4 Å². The molecular weight excluding hydrogens is 370 g/mol. The van der Waals surface area contributed by atoms with Crippen LogP contribution in [-0.4, -0.2) is 9.59 Å². The Kier molecular flexibility index (Phi) is 6.99. The number of benzene rings is 1. The summed E-state index contributed by atoms with van der Waals surface area (Å²) in [6.45, 7) is 2.28. The van der Waals surface area contributed by atoms with Gasteiger partial charge in [0, 0.05) is 23.5 Å². The molecule has 1 aromatic rings. The van der Waals surface area contributed by atoms with Gasteiger partial charge in [0.1, 0.15) is 11.0 Å². The average molecular weight is 397 g/mol. The Bertz CT molecular complexity index is 648. The van der Waals surface area contributed by atoms with Crippen molar-refractivity contribution in [1.29, 1.82) is 0 Å². The van der Waals surface area contributed by atoms with Gasteiger partial charge in [-0.25, -0.2) is 9.38 Å². The van der Waals surface area contributed by atoms with Crippen LogP contribution in [0.1, 0.15) is 70.0 Å². The first kappa shape index (κ1) is 19.7. The number of nitrogens with zero attached hydrogens (tertiary/aromatic N) is 2. The predicted octanol–water partition coefficient (Wildman–Crippen LogP) is 7.20. The van der Waals surface area contributed by atoms with E-state index in [0.717, 1.165) is 35.8 Å². The van der Waals surface area contributed by atoms with Crippen molar-refractivity contribution in [3.05, 3.63) is 47.4 Å². The third kappa shape index (κ3) is 5.01. The molecule has 1 aliphatic heterocycles. The third-order valence-electron chi connectivity index (χ3n) is 5.67. The van der Waals surface area contributed by atoms with Gasteiger partial charge in [0.05, 0.1) is 0 Å². The highest BCUT2D eigenvalue weighted by atomic mass is 35.5. The molecule has 0 aromatic heterocycles. The molecule has 2 nitrogen and oxygen atoms in total. The van der Waals surface area contributed by atoms with E-state index in [0.29, 0.717) is 5.17 Å². The smallest absolute Gasteiger partial charge is 0.162 e. The van der Waals surface area contributed by atoms with Gasteiger partial charge in [-0.1, -0.05) is 69.2 Å². The lowest BCUT2D eigenvalue weighted by atomic mass is 9.78. The minimum absolute atomic E-state index is 0.273. The van der Waals surface area contributed by atoms with Gasteiger partial charge in [-0.15, -0.1) is 0 Å². The second-order valence-corrected chi connectivity index (χ2v) is 8.31. The Balaban J connectivity index is 1.54. The number of allylic oxidation sites excluding steroid dienone is 1. The molecule has 1 aromatic carbocycles. The molecule has 3 rings (SSSR count). The van der Waals surface area contributed by atoms with E-state index in [9.17, 15) is 4.39 Å². The zero-order valence-corrected chi connectivity index (χ0v) is 16.8. The van der Waals surface area contributed by atoms with E-state index in [2.05, 4.69) is 11.9 Å². The second kappa shape index (κ2) is 9.23. The summed E-state index contributed by atoms with van der Waals surface area (Å²) in [5, 5.41) is 0.524. The minimum atomic E-state index is -0.405. The van der Waals surface area contributed by atoms with E-state index in [4.69, 9.17) is 23.4 Å². The average Bonchev–Trinajstić information content (AvgIpc) is 2.64. The lowest BCUT2D eigenvalue weighted by molar-refractivity contribution is 0.252. The van der Waals surface area contributed by atoms with Crippen LogP contribution in [0.4, 0.5) is 4.39 Å². The summed E-state index contributed by atoms with van der Waals surface area (Å²) >= 11 is 12.8. The van der Waals surface area contributed by atoms with Crippen LogP contribution in [0.3, 0.4) is 0 Å². The highest BCUT2D eigenvalue weighted by Crippen LogP contribution is 2.36. The lowest BCUT2D eigenvalue weighted by Gasteiger charge is -2.30. The first-order valence-electron chi connectivity index (χ1n) is 9.70. The summed E-state index contributed by atoms with van der Waals surface area (Å²) in [4.78, 5) is 4.53. The van der Waals surface area contributed by atoms with E-state index in [1.54, 1.807) is 16.6 Å². The van der Waals surface area contributed by atoms with Gasteiger partial charge in [-0.3, -0.25) is 4.42 Å². The van der Waals surface area contributed by atoms with Crippen molar-refractivity contribution in [2.24, 2.45) is 16.8 Å². The fourth-order valence-corrected chi connectivity index (χ4v) is 4.62. The summed E-state index contributed by atoms with van der Waals surface area (Å²) in [6.07, 6.45) is 11.6. The first-order chi connectivity index (χ1) is 12.6. The van der Waals surface area contributed by atoms with Gasteiger partial charge < -0.3 is 0 Å². The molecule has 0 saturated heterocycles. The minimum Gasteiger partial charge on any atom is -0.264 e. The van der Waals surface area contributed by atoms with E-state index >= 15 is 0 Å². The molecule has 0 spiro atoms. The van der Waals surface area contributed by atoms with Crippen LogP contribution < -0.4 is 0 Å². The number of hydrogen-bond donors (Lipinski definition) is 0. The summed E-state index contributed by atoms with van der Waals surface area (Å²) in [6, 6.07) is 6.21. The highest BCUT2D eigenvalue weighted by molar-refractivity contribution is 6.69. The maximum atomic E-state index is 13.1. The molecule has 2 aliphatic rings. The number of aliphatic imine (C=N–C) groups is 1. The summed E-state index contributed by atoms with van der Waals surface area (Å²) in [5.41, 5.74) is 1.82. The van der Waals surface area contributed by atoms with E-state index in [-0.39, 0.29) is 5.82 Å². The molecule has 0 radical (unpaired) electrons. The molecule has 1 unspecified atom stereocenters. The van der Waals surface area contributed by atoms with Crippen LogP contribution in [-0.2, 0) is 0 Å². The SMILES string of the molecule is CCCC1CCC(CCC2=CN(Cl)C(c3ccc(F)cc3)N=C2Cl)CC1. The maximum Gasteiger partial charge on any atom is 0.162 e. The molecule has 1 heterocycles. The Hall–Kier alpha value is -1.06. The van der Waals surface area contributed by atoms with Gasteiger partial charge >= 0.3 is 0 Å². The fraction of sp³-hybridized carbons (Fsp3) is 0.571. The standard InChI is InChI=1S/C21H27Cl2FN2/c1-2-3-15-4-6-16(7-5-15)8-9-18-14-26(23)21(25-20(18)22)17-10-12-19(24)13-11-17/h10-16,21H,2-9H2,1H3. The molecule has 0 N–H and O–H groups in total. The van der Waals surface area contributed by atoms with Crippen LogP contribution in [0.25, 0.3) is 0 Å². The Morgan fingerprint density at radius 3 is 2.31 bits per heavy atom. The molecule has 5 heteroatoms. The van der Waals surface area contributed by atoms with Crippen molar-refractivity contribution in [3.8, 4) is 0 Å². The largest absolute Gasteiger partial charge is 0.264 e. The van der Waals surface area contributed by atoms with E-state index in [1.165, 1.54) is 50.7 Å². The quantitative estimate of drug-likeness (QED) is 0.464. The third-order valence-corrected chi connectivity index (χ3v) is 6.29. The second-order valence-electron chi connectivity index (χ2n) is 7.56. The zero-order chi connectivity index (χ0) is 18.5. The van der Waals surface area contributed by atoms with Gasteiger partial charge in [-0.2, -0.15) is 0 Å². The summed E-state index contributed by atoms with van der Waals surface area (Å²) < 4.78 is 14.7. The molecular formula is C21H27Cl2FN2. The van der Waals surface area contributed by atoms with E-state index in [1.807, 2.05) is 6.20 Å². The molecule has 1 saturated carbocycles. The Labute approximate surface area is 166 Å². The Morgan fingerprint density at radius 1 is 1.08 bits per heavy atom. The van der Waals surface area contributed by atoms with Crippen molar-refractivity contribution in [1.82, 2.24) is 4.42 Å². The Morgan fingerprint density at radius 2 is 1.69 bits per heavy atom. The van der Waals surface area contributed by atoms with Gasteiger partial charge in [-0.05, 0) is 42.4 Å². The van der Waals surface area contributed by atoms with Crippen molar-refractivity contribution < 1.29 is 4.39 Å². The topological polar surface area (TPSA) is 15.6 Å². The number of hydrogen-bond acceptors (Lipinski definition) is 2. The van der Waals surface area contributed by atoms with Crippen LogP contribution in [0.5, 0.6) is 0 Å². The van der Waals surface area contributed by atoms with Crippen molar-refractivity contribution in [3.63, 3.8) is 0 Å². The van der Waals surface area contributed by atoms with Crippen LogP contribution in [0.15, 0.2) is 41.0 Å². The molecule has 1 fully saturated rings. The summed E-state index contributed by atoms with van der Waals surface area (Å²) in [5.74, 6) is 1.45. The fourth-order valence-electron chi connectivity index (χ4n) is 4.11. The maximum absolute atomic E-state index is 13.1. The van der Waals surface area contributed by atoms with Gasteiger partial charge in [0.15, 0.2) is 6.17 Å². The molecule has 1 aliphatic carbocycles. The first-order valence-corrected chi connectivity index (χ1v) is 10.4.